The zero-order valence-corrected chi connectivity index (χ0v) is 18.5. The Balaban J connectivity index is 1.47. The van der Waals surface area contributed by atoms with Crippen LogP contribution in [0.1, 0.15) is 6.42 Å². The largest absolute Gasteiger partial charge is 0.573 e. The zero-order valence-electron chi connectivity index (χ0n) is 17.7. The highest BCUT2D eigenvalue weighted by molar-refractivity contribution is 6.32. The number of nitrogens with one attached hydrogen (secondary N) is 2. The molecule has 180 valence electrons. The second-order valence-corrected chi connectivity index (χ2v) is 8.53. The Hall–Kier alpha value is -3.05. The number of hydrogen-bond donors (Lipinski definition) is 2. The molecule has 1 aromatic heterocycles. The fourth-order valence-corrected chi connectivity index (χ4v) is 4.62. The van der Waals surface area contributed by atoms with Gasteiger partial charge in [0, 0.05) is 36.4 Å². The fraction of sp³-hybridized carbons (Fsp3) is 0.364. The van der Waals surface area contributed by atoms with E-state index in [2.05, 4.69) is 25.3 Å². The molecule has 0 radical (unpaired) electrons. The molecule has 5 rings (SSSR count). The van der Waals surface area contributed by atoms with Crippen LogP contribution in [0.5, 0.6) is 17.2 Å². The molecule has 34 heavy (non-hydrogen) atoms. The minimum absolute atomic E-state index is 0.0612. The van der Waals surface area contributed by atoms with E-state index < -0.39 is 23.0 Å². The minimum Gasteiger partial charge on any atom is -0.493 e. The highest BCUT2D eigenvalue weighted by Crippen LogP contribution is 2.43. The number of anilines is 2. The number of halogens is 5. The van der Waals surface area contributed by atoms with Crippen molar-refractivity contribution in [2.75, 3.05) is 25.5 Å². The van der Waals surface area contributed by atoms with Gasteiger partial charge in [0.25, 0.3) is 0 Å². The molecule has 2 bridgehead atoms. The van der Waals surface area contributed by atoms with Crippen molar-refractivity contribution in [3.05, 3.63) is 41.4 Å². The fourth-order valence-electron chi connectivity index (χ4n) is 4.41. The van der Waals surface area contributed by atoms with Crippen LogP contribution in [0, 0.1) is 17.7 Å². The van der Waals surface area contributed by atoms with Crippen molar-refractivity contribution < 1.29 is 31.8 Å². The number of aromatic nitrogens is 2. The maximum absolute atomic E-state index is 14.7. The number of piperidine rings is 2. The second kappa shape index (κ2) is 8.62. The van der Waals surface area contributed by atoms with Gasteiger partial charge in [0.1, 0.15) is 23.3 Å². The van der Waals surface area contributed by atoms with E-state index in [0.717, 1.165) is 31.6 Å². The van der Waals surface area contributed by atoms with Crippen molar-refractivity contribution in [1.29, 1.82) is 0 Å². The number of methoxy groups -OCH3 is 1. The number of hydrogen-bond acceptors (Lipinski definition) is 7. The van der Waals surface area contributed by atoms with Gasteiger partial charge in [-0.05, 0) is 24.6 Å². The number of nitrogens with zero attached hydrogens (tertiary/aromatic N) is 2. The summed E-state index contributed by atoms with van der Waals surface area (Å²) in [6.07, 6.45) is -2.56. The van der Waals surface area contributed by atoms with E-state index >= 15 is 0 Å². The van der Waals surface area contributed by atoms with Gasteiger partial charge < -0.3 is 24.8 Å². The highest BCUT2D eigenvalue weighted by atomic mass is 35.5. The van der Waals surface area contributed by atoms with Crippen LogP contribution >= 0.6 is 11.6 Å². The Morgan fingerprint density at radius 2 is 1.85 bits per heavy atom. The molecule has 1 saturated carbocycles. The Bertz CT molecular complexity index is 1230. The van der Waals surface area contributed by atoms with Crippen LogP contribution in [-0.2, 0) is 0 Å². The SMILES string of the molecule is COc1cc2ncnc(Nc3ccc(OC(F)(F)F)c(Cl)c3F)c2cc1O[C@@H]1[C@@H]2CNC[C@H]1C2. The summed E-state index contributed by atoms with van der Waals surface area (Å²) in [7, 11) is 1.53. The second-order valence-electron chi connectivity index (χ2n) is 8.15. The summed E-state index contributed by atoms with van der Waals surface area (Å²) in [6.45, 7) is 1.78. The van der Waals surface area contributed by atoms with E-state index in [0.29, 0.717) is 34.2 Å². The predicted octanol–water partition coefficient (Wildman–Crippen LogP) is 5.06. The van der Waals surface area contributed by atoms with Gasteiger partial charge in [-0.1, -0.05) is 11.6 Å². The third kappa shape index (κ3) is 4.25. The minimum atomic E-state index is -5.00. The van der Waals surface area contributed by atoms with Crippen LogP contribution in [-0.4, -0.2) is 42.6 Å². The summed E-state index contributed by atoms with van der Waals surface area (Å²) in [5.41, 5.74) is 0.318. The van der Waals surface area contributed by atoms with Gasteiger partial charge >= 0.3 is 6.36 Å². The van der Waals surface area contributed by atoms with E-state index in [1.54, 1.807) is 12.1 Å². The van der Waals surface area contributed by atoms with Gasteiger partial charge in [0.2, 0.25) is 0 Å². The molecule has 2 aliphatic rings. The predicted molar refractivity (Wildman–Crippen MR) is 116 cm³/mol. The van der Waals surface area contributed by atoms with Gasteiger partial charge in [0.05, 0.1) is 18.3 Å². The van der Waals surface area contributed by atoms with Gasteiger partial charge in [-0.25, -0.2) is 14.4 Å². The van der Waals surface area contributed by atoms with Gasteiger partial charge in [0.15, 0.2) is 23.1 Å². The molecular formula is C22H19ClF4N4O3. The molecule has 0 spiro atoms. The maximum atomic E-state index is 14.7. The molecule has 1 saturated heterocycles. The lowest BCUT2D eigenvalue weighted by molar-refractivity contribution is -0.274. The monoisotopic (exact) mass is 498 g/mol. The van der Waals surface area contributed by atoms with Crippen molar-refractivity contribution in [1.82, 2.24) is 15.3 Å². The van der Waals surface area contributed by atoms with Gasteiger partial charge in [-0.2, -0.15) is 0 Å². The van der Waals surface area contributed by atoms with Crippen LogP contribution < -0.4 is 24.8 Å². The summed E-state index contributed by atoms with van der Waals surface area (Å²) in [4.78, 5) is 8.41. The summed E-state index contributed by atoms with van der Waals surface area (Å²) >= 11 is 5.77. The van der Waals surface area contributed by atoms with Crippen LogP contribution in [0.25, 0.3) is 10.9 Å². The number of alkyl halides is 3. The van der Waals surface area contributed by atoms with Crippen molar-refractivity contribution in [3.8, 4) is 17.2 Å². The Morgan fingerprint density at radius 1 is 1.09 bits per heavy atom. The summed E-state index contributed by atoms with van der Waals surface area (Å²) in [6, 6.07) is 5.40. The molecule has 1 aliphatic heterocycles. The molecule has 0 unspecified atom stereocenters. The summed E-state index contributed by atoms with van der Waals surface area (Å²) in [5.74, 6) is 0.0860. The molecule has 12 heteroatoms. The molecule has 2 heterocycles. The van der Waals surface area contributed by atoms with E-state index in [1.165, 1.54) is 13.4 Å². The lowest BCUT2D eigenvalue weighted by Gasteiger charge is -2.49. The average Bonchev–Trinajstić information content (AvgIpc) is 2.81. The Kier molecular flexibility index (Phi) is 5.76. The Morgan fingerprint density at radius 3 is 2.53 bits per heavy atom. The van der Waals surface area contributed by atoms with Crippen LogP contribution in [0.15, 0.2) is 30.6 Å². The van der Waals surface area contributed by atoms with Crippen molar-refractivity contribution in [2.45, 2.75) is 18.9 Å². The van der Waals surface area contributed by atoms with Crippen LogP contribution in [0.2, 0.25) is 5.02 Å². The lowest BCUT2D eigenvalue weighted by Crippen LogP contribution is -2.59. The van der Waals surface area contributed by atoms with Crippen LogP contribution in [0.3, 0.4) is 0 Å². The van der Waals surface area contributed by atoms with Crippen molar-refractivity contribution >= 4 is 34.0 Å². The highest BCUT2D eigenvalue weighted by Gasteiger charge is 2.45. The van der Waals surface area contributed by atoms with Crippen molar-refractivity contribution in [2.24, 2.45) is 11.8 Å². The normalized spacial score (nSPS) is 21.6. The molecule has 3 atom stereocenters. The van der Waals surface area contributed by atoms with Crippen LogP contribution in [0.4, 0.5) is 29.1 Å². The average molecular weight is 499 g/mol. The van der Waals surface area contributed by atoms with Gasteiger partial charge in [-0.15, -0.1) is 13.2 Å². The first-order chi connectivity index (χ1) is 16.2. The smallest absolute Gasteiger partial charge is 0.493 e. The number of ether oxygens (including phenoxy) is 3. The quantitative estimate of drug-likeness (QED) is 0.460. The topological polar surface area (TPSA) is 77.5 Å². The first-order valence-corrected chi connectivity index (χ1v) is 10.8. The maximum Gasteiger partial charge on any atom is 0.573 e. The lowest BCUT2D eigenvalue weighted by atomic mass is 9.69. The summed E-state index contributed by atoms with van der Waals surface area (Å²) < 4.78 is 67.8. The molecular weight excluding hydrogens is 480 g/mol. The molecule has 7 nitrogen and oxygen atoms in total. The first-order valence-electron chi connectivity index (χ1n) is 10.4. The number of fused-ring (bicyclic) bond motifs is 3. The first kappa shape index (κ1) is 22.7. The molecule has 2 fully saturated rings. The number of rotatable bonds is 6. The summed E-state index contributed by atoms with van der Waals surface area (Å²) in [5, 5.41) is 5.84. The Labute approximate surface area is 196 Å². The number of benzene rings is 2. The third-order valence-electron chi connectivity index (χ3n) is 6.06. The van der Waals surface area contributed by atoms with Gasteiger partial charge in [-0.3, -0.25) is 0 Å². The third-order valence-corrected chi connectivity index (χ3v) is 6.41. The molecule has 1 aliphatic carbocycles. The van der Waals surface area contributed by atoms with E-state index in [1.807, 2.05) is 0 Å². The zero-order chi connectivity index (χ0) is 24.0. The standard InChI is InChI=1S/C22H19ClF4N4O3/c1-32-16-6-14-12(5-17(16)33-20-10-4-11(20)8-28-7-10)21(30-9-29-14)31-13-2-3-15(18(23)19(13)24)34-22(25,26)27/h2-3,5-6,9-11,20,28H,4,7-8H2,1H3,(H,29,30,31)/t10-,11+,20+. The molecule has 2 N–H and O–H groups in total. The molecule has 0 amide bonds. The van der Waals surface area contributed by atoms with Crippen molar-refractivity contribution in [3.63, 3.8) is 0 Å². The van der Waals surface area contributed by atoms with E-state index in [4.69, 9.17) is 21.1 Å². The van der Waals surface area contributed by atoms with E-state index in [-0.39, 0.29) is 17.6 Å². The van der Waals surface area contributed by atoms with E-state index in [9.17, 15) is 17.6 Å². The molecule has 3 aromatic rings. The molecule has 2 aromatic carbocycles.